The van der Waals surface area contributed by atoms with E-state index in [-0.39, 0.29) is 11.4 Å². The van der Waals surface area contributed by atoms with Gasteiger partial charge in [-0.05, 0) is 43.2 Å². The lowest BCUT2D eigenvalue weighted by atomic mass is 10.1. The van der Waals surface area contributed by atoms with Gasteiger partial charge in [0, 0.05) is 12.2 Å². The van der Waals surface area contributed by atoms with E-state index in [1.54, 1.807) is 19.1 Å². The number of benzene rings is 2. The lowest BCUT2D eigenvalue weighted by Crippen LogP contribution is -2.26. The third-order valence-electron chi connectivity index (χ3n) is 4.34. The molecule has 1 aliphatic heterocycles. The molecule has 6 nitrogen and oxygen atoms in total. The second kappa shape index (κ2) is 7.34. The highest BCUT2D eigenvalue weighted by atomic mass is 32.2. The van der Waals surface area contributed by atoms with Crippen molar-refractivity contribution in [1.29, 1.82) is 0 Å². The Morgan fingerprint density at radius 2 is 1.75 bits per heavy atom. The molecule has 0 aliphatic carbocycles. The van der Waals surface area contributed by atoms with Crippen LogP contribution in [0.2, 0.25) is 0 Å². The maximum absolute atomic E-state index is 13.1. The molecule has 2 N–H and O–H groups in total. The lowest BCUT2D eigenvalue weighted by Gasteiger charge is -2.19. The Morgan fingerprint density at radius 1 is 1.07 bits per heavy atom. The minimum absolute atomic E-state index is 0.0539. The minimum atomic E-state index is -4.61. The average molecular weight is 413 g/mol. The number of nitrogens with zero attached hydrogens (tertiary/aromatic N) is 1. The van der Waals surface area contributed by atoms with Gasteiger partial charge in [0.2, 0.25) is 10.0 Å². The summed E-state index contributed by atoms with van der Waals surface area (Å²) in [7, 11) is -3.39. The number of halogens is 3. The molecule has 0 saturated carbocycles. The van der Waals surface area contributed by atoms with E-state index in [2.05, 4.69) is 10.6 Å². The van der Waals surface area contributed by atoms with Gasteiger partial charge in [-0.2, -0.15) is 13.2 Å². The van der Waals surface area contributed by atoms with E-state index in [1.807, 2.05) is 0 Å². The summed E-state index contributed by atoms with van der Waals surface area (Å²) in [5, 5.41) is 4.69. The number of carbonyl (C=O) groups excluding carboxylic acids is 1. The monoisotopic (exact) mass is 413 g/mol. The number of aryl methyl sites for hydroxylation is 1. The van der Waals surface area contributed by atoms with Crippen LogP contribution in [-0.4, -0.2) is 26.7 Å². The predicted molar refractivity (Wildman–Crippen MR) is 101 cm³/mol. The number of anilines is 3. The van der Waals surface area contributed by atoms with E-state index < -0.39 is 27.8 Å². The molecule has 0 spiro atoms. The Bertz CT molecular complexity index is 1010. The number of sulfonamides is 1. The summed E-state index contributed by atoms with van der Waals surface area (Å²) in [6.07, 6.45) is -4.10. The first-order valence-electron chi connectivity index (χ1n) is 8.43. The molecule has 0 radical (unpaired) electrons. The molecule has 2 aromatic carbocycles. The Labute approximate surface area is 160 Å². The number of hydrogen-bond donors (Lipinski definition) is 2. The van der Waals surface area contributed by atoms with Crippen LogP contribution < -0.4 is 14.9 Å². The Balaban J connectivity index is 1.81. The second-order valence-corrected chi connectivity index (χ2v) is 8.38. The van der Waals surface area contributed by atoms with Gasteiger partial charge in [0.1, 0.15) is 0 Å². The number of alkyl halides is 3. The first-order chi connectivity index (χ1) is 13.1. The average Bonchev–Trinajstić information content (AvgIpc) is 2.95. The van der Waals surface area contributed by atoms with Crippen LogP contribution in [0.4, 0.5) is 35.0 Å². The number of urea groups is 1. The molecule has 2 aromatic rings. The van der Waals surface area contributed by atoms with E-state index in [0.717, 1.165) is 12.1 Å². The number of carbonyl (C=O) groups is 1. The molecule has 150 valence electrons. The quantitative estimate of drug-likeness (QED) is 0.792. The lowest BCUT2D eigenvalue weighted by molar-refractivity contribution is -0.136. The summed E-state index contributed by atoms with van der Waals surface area (Å²) >= 11 is 0. The van der Waals surface area contributed by atoms with Crippen molar-refractivity contribution in [3.8, 4) is 0 Å². The van der Waals surface area contributed by atoms with Crippen LogP contribution in [-0.2, 0) is 16.2 Å². The SMILES string of the molecule is Cc1ccc(N2CCCS2(=O)=O)cc1NC(=O)Nc1ccccc1C(F)(F)F. The van der Waals surface area contributed by atoms with Gasteiger partial charge >= 0.3 is 12.2 Å². The van der Waals surface area contributed by atoms with Crippen LogP contribution >= 0.6 is 0 Å². The highest BCUT2D eigenvalue weighted by Gasteiger charge is 2.33. The van der Waals surface area contributed by atoms with Crippen molar-refractivity contribution in [1.82, 2.24) is 0 Å². The van der Waals surface area contributed by atoms with Crippen molar-refractivity contribution < 1.29 is 26.4 Å². The third-order valence-corrected chi connectivity index (χ3v) is 6.21. The summed E-state index contributed by atoms with van der Waals surface area (Å²) in [5.41, 5.74) is 0.0116. The van der Waals surface area contributed by atoms with Gasteiger partial charge in [-0.1, -0.05) is 18.2 Å². The number of nitrogens with one attached hydrogen (secondary N) is 2. The fourth-order valence-electron chi connectivity index (χ4n) is 2.94. The van der Waals surface area contributed by atoms with Crippen molar-refractivity contribution >= 4 is 33.1 Å². The summed E-state index contributed by atoms with van der Waals surface area (Å²) < 4.78 is 64.6. The highest BCUT2D eigenvalue weighted by molar-refractivity contribution is 7.93. The van der Waals surface area contributed by atoms with E-state index in [0.29, 0.717) is 29.9 Å². The van der Waals surface area contributed by atoms with Crippen LogP contribution in [0.1, 0.15) is 17.5 Å². The molecule has 1 saturated heterocycles. The molecule has 10 heteroatoms. The maximum Gasteiger partial charge on any atom is 0.418 e. The largest absolute Gasteiger partial charge is 0.418 e. The molecule has 0 bridgehead atoms. The standard InChI is InChI=1S/C18H18F3N3O3S/c1-12-7-8-13(24-9-4-10-28(24,26)27)11-16(12)23-17(25)22-15-6-3-2-5-14(15)18(19,20)21/h2-3,5-8,11H,4,9-10H2,1H3,(H2,22,23,25). The molecule has 28 heavy (non-hydrogen) atoms. The number of rotatable bonds is 3. The van der Waals surface area contributed by atoms with Crippen LogP contribution in [0.25, 0.3) is 0 Å². The Hall–Kier alpha value is -2.75. The number of amides is 2. The van der Waals surface area contributed by atoms with Gasteiger partial charge in [0.05, 0.1) is 22.7 Å². The Kier molecular flexibility index (Phi) is 5.24. The van der Waals surface area contributed by atoms with E-state index >= 15 is 0 Å². The molecular formula is C18H18F3N3O3S. The van der Waals surface area contributed by atoms with Gasteiger partial charge < -0.3 is 10.6 Å². The molecular weight excluding hydrogens is 395 g/mol. The molecule has 1 aliphatic rings. The van der Waals surface area contributed by atoms with E-state index in [1.165, 1.54) is 22.5 Å². The first kappa shape index (κ1) is 20.0. The van der Waals surface area contributed by atoms with Crippen LogP contribution in [0.15, 0.2) is 42.5 Å². The summed E-state index contributed by atoms with van der Waals surface area (Å²) in [6, 6.07) is 8.55. The molecule has 1 heterocycles. The molecule has 0 aromatic heterocycles. The molecule has 3 rings (SSSR count). The van der Waals surface area contributed by atoms with Gasteiger partial charge in [-0.3, -0.25) is 4.31 Å². The number of hydrogen-bond acceptors (Lipinski definition) is 3. The van der Waals surface area contributed by atoms with E-state index in [4.69, 9.17) is 0 Å². The molecule has 2 amide bonds. The van der Waals surface area contributed by atoms with Crippen molar-refractivity contribution in [3.05, 3.63) is 53.6 Å². The van der Waals surface area contributed by atoms with Gasteiger partial charge in [0.15, 0.2) is 0 Å². The van der Waals surface area contributed by atoms with Crippen molar-refractivity contribution in [2.45, 2.75) is 19.5 Å². The first-order valence-corrected chi connectivity index (χ1v) is 10.0. The summed E-state index contributed by atoms with van der Waals surface area (Å²) in [5.74, 6) is 0.0539. The van der Waals surface area contributed by atoms with Crippen LogP contribution in [0, 0.1) is 6.92 Å². The zero-order valence-corrected chi connectivity index (χ0v) is 15.7. The van der Waals surface area contributed by atoms with Crippen molar-refractivity contribution in [2.24, 2.45) is 0 Å². The van der Waals surface area contributed by atoms with Crippen molar-refractivity contribution in [2.75, 3.05) is 27.2 Å². The van der Waals surface area contributed by atoms with Crippen molar-refractivity contribution in [3.63, 3.8) is 0 Å². The summed E-state index contributed by atoms with van der Waals surface area (Å²) in [4.78, 5) is 12.3. The Morgan fingerprint density at radius 3 is 2.39 bits per heavy atom. The third kappa shape index (κ3) is 4.22. The van der Waals surface area contributed by atoms with E-state index in [9.17, 15) is 26.4 Å². The zero-order chi connectivity index (χ0) is 20.5. The second-order valence-electron chi connectivity index (χ2n) is 6.36. The van der Waals surface area contributed by atoms with Crippen LogP contribution in [0.5, 0.6) is 0 Å². The van der Waals surface area contributed by atoms with Gasteiger partial charge in [-0.15, -0.1) is 0 Å². The number of para-hydroxylation sites is 1. The van der Waals surface area contributed by atoms with Crippen LogP contribution in [0.3, 0.4) is 0 Å². The smallest absolute Gasteiger partial charge is 0.307 e. The minimum Gasteiger partial charge on any atom is -0.307 e. The van der Waals surface area contributed by atoms with Gasteiger partial charge in [-0.25, -0.2) is 13.2 Å². The predicted octanol–water partition coefficient (Wildman–Crippen LogP) is 4.20. The molecule has 0 atom stereocenters. The fraction of sp³-hybridized carbons (Fsp3) is 0.278. The molecule has 0 unspecified atom stereocenters. The zero-order valence-electron chi connectivity index (χ0n) is 14.9. The normalized spacial score (nSPS) is 16.1. The summed E-state index contributed by atoms with van der Waals surface area (Å²) in [6.45, 7) is 2.04. The molecule has 1 fully saturated rings. The highest BCUT2D eigenvalue weighted by Crippen LogP contribution is 2.35. The van der Waals surface area contributed by atoms with Gasteiger partial charge in [0.25, 0.3) is 0 Å². The maximum atomic E-state index is 13.1. The fourth-order valence-corrected chi connectivity index (χ4v) is 4.50. The topological polar surface area (TPSA) is 78.5 Å².